The molecule has 0 unspecified atom stereocenters. The van der Waals surface area contributed by atoms with E-state index in [0.717, 1.165) is 0 Å². The molecule has 0 fully saturated rings. The highest BCUT2D eigenvalue weighted by atomic mass is 16.6. The van der Waals surface area contributed by atoms with Gasteiger partial charge in [-0.15, -0.1) is 0 Å². The van der Waals surface area contributed by atoms with Gasteiger partial charge in [0.1, 0.15) is 17.8 Å². The van der Waals surface area contributed by atoms with E-state index in [1.54, 1.807) is 31.2 Å². The molecule has 0 bridgehead atoms. The smallest absolute Gasteiger partial charge is 0.353 e. The van der Waals surface area contributed by atoms with Gasteiger partial charge in [-0.05, 0) is 26.0 Å². The van der Waals surface area contributed by atoms with Gasteiger partial charge in [-0.3, -0.25) is 10.1 Å². The van der Waals surface area contributed by atoms with Crippen LogP contribution in [0.2, 0.25) is 0 Å². The van der Waals surface area contributed by atoms with Gasteiger partial charge in [-0.1, -0.05) is 17.3 Å². The summed E-state index contributed by atoms with van der Waals surface area (Å²) in [4.78, 5) is 19.0. The van der Waals surface area contributed by atoms with Gasteiger partial charge >= 0.3 is 5.69 Å². The van der Waals surface area contributed by atoms with Crippen LogP contribution in [0.4, 0.5) is 28.8 Å². The zero-order chi connectivity index (χ0) is 18.5. The Kier molecular flexibility index (Phi) is 4.92. The number of nitrogens with zero attached hydrogens (tertiary/aromatic N) is 4. The number of anilines is 4. The van der Waals surface area contributed by atoms with Gasteiger partial charge in [0.2, 0.25) is 11.6 Å². The Hall–Kier alpha value is -3.69. The van der Waals surface area contributed by atoms with Gasteiger partial charge in [0.25, 0.3) is 0 Å². The van der Waals surface area contributed by atoms with Crippen LogP contribution in [0.15, 0.2) is 41.2 Å². The van der Waals surface area contributed by atoms with E-state index >= 15 is 0 Å². The summed E-state index contributed by atoms with van der Waals surface area (Å²) in [6, 6.07) is 8.70. The topological polar surface area (TPSA) is 128 Å². The maximum Gasteiger partial charge on any atom is 0.353 e. The fraction of sp³-hybridized carbons (Fsp3) is 0.188. The van der Waals surface area contributed by atoms with Crippen molar-refractivity contribution >= 4 is 28.8 Å². The van der Waals surface area contributed by atoms with Crippen molar-refractivity contribution in [2.45, 2.75) is 13.8 Å². The first-order valence-electron chi connectivity index (χ1n) is 7.77. The largest absolute Gasteiger partial charge is 0.492 e. The maximum atomic E-state index is 11.6. The third-order valence-corrected chi connectivity index (χ3v) is 3.32. The summed E-state index contributed by atoms with van der Waals surface area (Å²) in [7, 11) is 0. The van der Waals surface area contributed by atoms with Crippen LogP contribution in [0.5, 0.6) is 5.75 Å². The van der Waals surface area contributed by atoms with Crippen molar-refractivity contribution in [3.05, 3.63) is 52.5 Å². The molecule has 0 aliphatic carbocycles. The number of aromatic nitrogens is 3. The van der Waals surface area contributed by atoms with Crippen LogP contribution < -0.4 is 15.4 Å². The van der Waals surface area contributed by atoms with Gasteiger partial charge in [-0.2, -0.15) is 0 Å². The third kappa shape index (κ3) is 3.69. The Labute approximate surface area is 148 Å². The van der Waals surface area contributed by atoms with Crippen LogP contribution in [-0.4, -0.2) is 26.7 Å². The molecule has 0 saturated carbocycles. The van der Waals surface area contributed by atoms with Crippen molar-refractivity contribution in [2.24, 2.45) is 0 Å². The van der Waals surface area contributed by atoms with Crippen LogP contribution in [0.3, 0.4) is 0 Å². The van der Waals surface area contributed by atoms with E-state index in [4.69, 9.17) is 9.26 Å². The van der Waals surface area contributed by atoms with Crippen LogP contribution in [0, 0.1) is 17.0 Å². The van der Waals surface area contributed by atoms with Crippen molar-refractivity contribution in [2.75, 3.05) is 17.2 Å². The lowest BCUT2D eigenvalue weighted by molar-refractivity contribution is -0.383. The minimum atomic E-state index is -0.569. The number of para-hydroxylation sites is 2. The molecule has 26 heavy (non-hydrogen) atoms. The molecule has 2 aromatic heterocycles. The summed E-state index contributed by atoms with van der Waals surface area (Å²) >= 11 is 0. The number of nitro groups is 1. The Morgan fingerprint density at radius 2 is 1.96 bits per heavy atom. The second kappa shape index (κ2) is 7.47. The molecule has 0 radical (unpaired) electrons. The number of ether oxygens (including phenoxy) is 1. The monoisotopic (exact) mass is 356 g/mol. The Morgan fingerprint density at radius 1 is 1.23 bits per heavy atom. The zero-order valence-electron chi connectivity index (χ0n) is 14.1. The molecule has 0 saturated heterocycles. The first-order chi connectivity index (χ1) is 12.6. The van der Waals surface area contributed by atoms with Crippen molar-refractivity contribution in [3.8, 4) is 5.75 Å². The van der Waals surface area contributed by atoms with Gasteiger partial charge in [-0.25, -0.2) is 9.97 Å². The number of aryl methyl sites for hydroxylation is 1. The standard InChI is InChI=1S/C16H16N6O4/c1-3-25-12-7-5-4-6-11(12)19-15-14(22(23)24)16(18-9-17-15)20-13-8-10(2)26-21-13/h4-9H,3H2,1-2H3,(H2,17,18,19,20,21). The van der Waals surface area contributed by atoms with Gasteiger partial charge < -0.3 is 19.9 Å². The number of nitrogens with one attached hydrogen (secondary N) is 2. The zero-order valence-corrected chi connectivity index (χ0v) is 14.1. The molecule has 2 N–H and O–H groups in total. The van der Waals surface area contributed by atoms with Gasteiger partial charge in [0, 0.05) is 6.07 Å². The normalized spacial score (nSPS) is 10.4. The van der Waals surface area contributed by atoms with Gasteiger partial charge in [0.05, 0.1) is 17.2 Å². The fourth-order valence-corrected chi connectivity index (χ4v) is 2.26. The molecule has 10 heteroatoms. The summed E-state index contributed by atoms with van der Waals surface area (Å²) in [5.74, 6) is 1.46. The van der Waals surface area contributed by atoms with Crippen molar-refractivity contribution in [1.82, 2.24) is 15.1 Å². The maximum absolute atomic E-state index is 11.6. The van der Waals surface area contributed by atoms with E-state index in [9.17, 15) is 10.1 Å². The van der Waals surface area contributed by atoms with Crippen molar-refractivity contribution in [1.29, 1.82) is 0 Å². The van der Waals surface area contributed by atoms with Crippen molar-refractivity contribution < 1.29 is 14.2 Å². The first kappa shape index (κ1) is 17.1. The SMILES string of the molecule is CCOc1ccccc1Nc1ncnc(Nc2cc(C)on2)c1[N+](=O)[O-]. The highest BCUT2D eigenvalue weighted by Crippen LogP contribution is 2.35. The summed E-state index contributed by atoms with van der Waals surface area (Å²) < 4.78 is 10.5. The van der Waals surface area contributed by atoms with E-state index in [1.807, 2.05) is 13.0 Å². The first-order valence-corrected chi connectivity index (χ1v) is 7.77. The van der Waals surface area contributed by atoms with Crippen LogP contribution in [0.25, 0.3) is 0 Å². The molecule has 1 aromatic carbocycles. The Morgan fingerprint density at radius 3 is 2.62 bits per heavy atom. The number of hydrogen-bond donors (Lipinski definition) is 2. The lowest BCUT2D eigenvalue weighted by atomic mass is 10.3. The van der Waals surface area contributed by atoms with E-state index in [-0.39, 0.29) is 17.3 Å². The van der Waals surface area contributed by atoms with E-state index in [1.165, 1.54) is 6.33 Å². The summed E-state index contributed by atoms with van der Waals surface area (Å²) in [6.07, 6.45) is 1.22. The molecular formula is C16H16N6O4. The highest BCUT2D eigenvalue weighted by molar-refractivity contribution is 5.77. The van der Waals surface area contributed by atoms with Crippen LogP contribution in [0.1, 0.15) is 12.7 Å². The second-order valence-electron chi connectivity index (χ2n) is 5.18. The molecule has 0 amide bonds. The second-order valence-corrected chi connectivity index (χ2v) is 5.18. The fourth-order valence-electron chi connectivity index (χ4n) is 2.26. The molecule has 0 atom stereocenters. The minimum absolute atomic E-state index is 0.00492. The lowest BCUT2D eigenvalue weighted by Gasteiger charge is -2.12. The number of rotatable bonds is 7. The summed E-state index contributed by atoms with van der Waals surface area (Å²) in [5.41, 5.74) is 0.235. The molecule has 10 nitrogen and oxygen atoms in total. The molecule has 3 aromatic rings. The quantitative estimate of drug-likeness (QED) is 0.482. The van der Waals surface area contributed by atoms with Gasteiger partial charge in [0.15, 0.2) is 5.82 Å². The number of benzene rings is 1. The molecule has 0 aliphatic rings. The van der Waals surface area contributed by atoms with E-state index in [0.29, 0.717) is 29.6 Å². The summed E-state index contributed by atoms with van der Waals surface area (Å²) in [6.45, 7) is 4.03. The van der Waals surface area contributed by atoms with Crippen molar-refractivity contribution in [3.63, 3.8) is 0 Å². The third-order valence-electron chi connectivity index (χ3n) is 3.32. The van der Waals surface area contributed by atoms with E-state index < -0.39 is 4.92 Å². The molecular weight excluding hydrogens is 340 g/mol. The Balaban J connectivity index is 1.97. The molecule has 2 heterocycles. The van der Waals surface area contributed by atoms with Crippen LogP contribution >= 0.6 is 0 Å². The molecule has 0 aliphatic heterocycles. The average Bonchev–Trinajstić information content (AvgIpc) is 3.01. The number of hydrogen-bond acceptors (Lipinski definition) is 9. The van der Waals surface area contributed by atoms with E-state index in [2.05, 4.69) is 25.8 Å². The Bertz CT molecular complexity index is 927. The summed E-state index contributed by atoms with van der Waals surface area (Å²) in [5, 5.41) is 21.1. The average molecular weight is 356 g/mol. The molecule has 3 rings (SSSR count). The highest BCUT2D eigenvalue weighted by Gasteiger charge is 2.24. The molecule has 0 spiro atoms. The van der Waals surface area contributed by atoms with Crippen LogP contribution in [-0.2, 0) is 0 Å². The lowest BCUT2D eigenvalue weighted by Crippen LogP contribution is -2.06. The minimum Gasteiger partial charge on any atom is -0.492 e. The molecule has 134 valence electrons. The predicted octanol–water partition coefficient (Wildman–Crippen LogP) is 3.57. The predicted molar refractivity (Wildman–Crippen MR) is 94.1 cm³/mol.